The zero-order valence-electron chi connectivity index (χ0n) is 9.36. The zero-order chi connectivity index (χ0) is 12.8. The van der Waals surface area contributed by atoms with Gasteiger partial charge in [-0.1, -0.05) is 0 Å². The maximum absolute atomic E-state index is 11.6. The van der Waals surface area contributed by atoms with Crippen molar-refractivity contribution in [2.45, 2.75) is 13.3 Å². The van der Waals surface area contributed by atoms with Crippen LogP contribution in [-0.4, -0.2) is 28.5 Å². The van der Waals surface area contributed by atoms with Gasteiger partial charge in [0, 0.05) is 13.0 Å². The first-order valence-electron chi connectivity index (χ1n) is 4.99. The van der Waals surface area contributed by atoms with Crippen molar-refractivity contribution in [3.05, 3.63) is 29.1 Å². The SMILES string of the molecule is C#CCCNC(=O)c1ccc(C(=O)O)c(C)n1. The predicted octanol–water partition coefficient (Wildman–Crippen LogP) is 0.841. The van der Waals surface area contributed by atoms with Crippen LogP contribution in [0, 0.1) is 19.3 Å². The molecule has 0 saturated carbocycles. The third-order valence-electron chi connectivity index (χ3n) is 2.10. The molecule has 17 heavy (non-hydrogen) atoms. The standard InChI is InChI=1S/C12H12N2O3/c1-3-4-7-13-11(15)10-6-5-9(12(16)17)8(2)14-10/h1,5-6H,4,7H2,2H3,(H,13,15)(H,16,17). The molecule has 88 valence electrons. The summed E-state index contributed by atoms with van der Waals surface area (Å²) >= 11 is 0. The third kappa shape index (κ3) is 3.31. The van der Waals surface area contributed by atoms with Crippen LogP contribution < -0.4 is 5.32 Å². The fraction of sp³-hybridized carbons (Fsp3) is 0.250. The number of nitrogens with one attached hydrogen (secondary N) is 1. The molecule has 0 aliphatic heterocycles. The number of terminal acetylenes is 1. The van der Waals surface area contributed by atoms with Gasteiger partial charge in [0.25, 0.3) is 5.91 Å². The van der Waals surface area contributed by atoms with Crippen LogP contribution in [0.15, 0.2) is 12.1 Å². The molecule has 1 aromatic rings. The fourth-order valence-electron chi connectivity index (χ4n) is 1.25. The van der Waals surface area contributed by atoms with Gasteiger partial charge in [0.1, 0.15) is 5.69 Å². The Labute approximate surface area is 98.9 Å². The minimum Gasteiger partial charge on any atom is -0.478 e. The lowest BCUT2D eigenvalue weighted by molar-refractivity contribution is 0.0694. The van der Waals surface area contributed by atoms with Gasteiger partial charge in [-0.05, 0) is 19.1 Å². The minimum atomic E-state index is -1.06. The van der Waals surface area contributed by atoms with Gasteiger partial charge in [0.15, 0.2) is 0 Å². The summed E-state index contributed by atoms with van der Waals surface area (Å²) in [5.41, 5.74) is 0.580. The lowest BCUT2D eigenvalue weighted by atomic mass is 10.2. The van der Waals surface area contributed by atoms with Gasteiger partial charge >= 0.3 is 5.97 Å². The van der Waals surface area contributed by atoms with E-state index in [2.05, 4.69) is 16.2 Å². The lowest BCUT2D eigenvalue weighted by Gasteiger charge is -2.05. The number of carboxylic acids is 1. The molecule has 1 heterocycles. The molecule has 5 heteroatoms. The second-order valence-electron chi connectivity index (χ2n) is 3.34. The average molecular weight is 232 g/mol. The van der Waals surface area contributed by atoms with E-state index in [4.69, 9.17) is 11.5 Å². The number of aromatic carboxylic acids is 1. The molecule has 0 aliphatic rings. The number of hydrogen-bond acceptors (Lipinski definition) is 3. The molecular weight excluding hydrogens is 220 g/mol. The van der Waals surface area contributed by atoms with E-state index in [1.165, 1.54) is 12.1 Å². The van der Waals surface area contributed by atoms with Gasteiger partial charge in [-0.3, -0.25) is 4.79 Å². The van der Waals surface area contributed by atoms with E-state index >= 15 is 0 Å². The Morgan fingerprint density at radius 1 is 1.53 bits per heavy atom. The number of rotatable bonds is 4. The highest BCUT2D eigenvalue weighted by molar-refractivity contribution is 5.94. The number of aryl methyl sites for hydroxylation is 1. The summed E-state index contributed by atoms with van der Waals surface area (Å²) in [7, 11) is 0. The van der Waals surface area contributed by atoms with Crippen molar-refractivity contribution in [2.75, 3.05) is 6.54 Å². The number of carbonyl (C=O) groups is 2. The Bertz CT molecular complexity index is 489. The van der Waals surface area contributed by atoms with E-state index < -0.39 is 5.97 Å². The smallest absolute Gasteiger partial charge is 0.337 e. The number of amides is 1. The minimum absolute atomic E-state index is 0.0881. The first-order chi connectivity index (χ1) is 8.06. The van der Waals surface area contributed by atoms with Gasteiger partial charge in [-0.15, -0.1) is 12.3 Å². The molecule has 0 aliphatic carbocycles. The monoisotopic (exact) mass is 232 g/mol. The Balaban J connectivity index is 2.80. The number of carboxylic acid groups (broad SMARTS) is 1. The lowest BCUT2D eigenvalue weighted by Crippen LogP contribution is -2.25. The van der Waals surface area contributed by atoms with Crippen molar-refractivity contribution in [2.24, 2.45) is 0 Å². The largest absolute Gasteiger partial charge is 0.478 e. The Hall–Kier alpha value is -2.35. The molecule has 0 aromatic carbocycles. The summed E-state index contributed by atoms with van der Waals surface area (Å²) in [6.07, 6.45) is 5.49. The van der Waals surface area contributed by atoms with Crippen LogP contribution in [0.5, 0.6) is 0 Å². The highest BCUT2D eigenvalue weighted by Crippen LogP contribution is 2.06. The van der Waals surface area contributed by atoms with Gasteiger partial charge < -0.3 is 10.4 Å². The first-order valence-corrected chi connectivity index (χ1v) is 4.99. The molecule has 0 atom stereocenters. The maximum atomic E-state index is 11.6. The number of nitrogens with zero attached hydrogens (tertiary/aromatic N) is 1. The van der Waals surface area contributed by atoms with E-state index in [1.807, 2.05) is 0 Å². The number of pyridine rings is 1. The summed E-state index contributed by atoms with van der Waals surface area (Å²) in [5.74, 6) is 0.975. The topological polar surface area (TPSA) is 79.3 Å². The molecule has 0 saturated heterocycles. The van der Waals surface area contributed by atoms with E-state index in [0.717, 1.165) is 0 Å². The van der Waals surface area contributed by atoms with Gasteiger partial charge in [0.2, 0.25) is 0 Å². The molecule has 0 unspecified atom stereocenters. The number of hydrogen-bond donors (Lipinski definition) is 2. The number of carbonyl (C=O) groups excluding carboxylic acids is 1. The highest BCUT2D eigenvalue weighted by atomic mass is 16.4. The van der Waals surface area contributed by atoms with Crippen LogP contribution in [0.25, 0.3) is 0 Å². The zero-order valence-corrected chi connectivity index (χ0v) is 9.36. The molecule has 0 spiro atoms. The maximum Gasteiger partial charge on any atom is 0.337 e. The van der Waals surface area contributed by atoms with Crippen LogP contribution in [0.2, 0.25) is 0 Å². The molecule has 0 fully saturated rings. The van der Waals surface area contributed by atoms with E-state index in [1.54, 1.807) is 6.92 Å². The van der Waals surface area contributed by atoms with E-state index in [-0.39, 0.29) is 17.2 Å². The second-order valence-corrected chi connectivity index (χ2v) is 3.34. The van der Waals surface area contributed by atoms with Gasteiger partial charge in [0.05, 0.1) is 11.3 Å². The van der Waals surface area contributed by atoms with Crippen LogP contribution in [-0.2, 0) is 0 Å². The second kappa shape index (κ2) is 5.66. The summed E-state index contributed by atoms with van der Waals surface area (Å²) in [4.78, 5) is 26.2. The summed E-state index contributed by atoms with van der Waals surface area (Å²) < 4.78 is 0. The van der Waals surface area contributed by atoms with Gasteiger partial charge in [-0.2, -0.15) is 0 Å². The molecule has 1 aromatic heterocycles. The van der Waals surface area contributed by atoms with E-state index in [0.29, 0.717) is 18.7 Å². The number of aromatic nitrogens is 1. The molecule has 5 nitrogen and oxygen atoms in total. The molecule has 0 radical (unpaired) electrons. The van der Waals surface area contributed by atoms with Crippen molar-refractivity contribution in [1.82, 2.24) is 10.3 Å². The van der Waals surface area contributed by atoms with Crippen LogP contribution in [0.3, 0.4) is 0 Å². The predicted molar refractivity (Wildman–Crippen MR) is 61.7 cm³/mol. The van der Waals surface area contributed by atoms with Gasteiger partial charge in [-0.25, -0.2) is 9.78 Å². The Morgan fingerprint density at radius 3 is 2.76 bits per heavy atom. The van der Waals surface area contributed by atoms with Crippen molar-refractivity contribution in [3.8, 4) is 12.3 Å². The quantitative estimate of drug-likeness (QED) is 0.595. The fourth-order valence-corrected chi connectivity index (χ4v) is 1.25. The average Bonchev–Trinajstić information content (AvgIpc) is 2.28. The summed E-state index contributed by atoms with van der Waals surface area (Å²) in [5, 5.41) is 11.4. The molecule has 0 bridgehead atoms. The van der Waals surface area contributed by atoms with Crippen LogP contribution in [0.4, 0.5) is 0 Å². The Morgan fingerprint density at radius 2 is 2.24 bits per heavy atom. The van der Waals surface area contributed by atoms with Crippen molar-refractivity contribution in [1.29, 1.82) is 0 Å². The molecule has 2 N–H and O–H groups in total. The molecular formula is C12H12N2O3. The molecule has 1 amide bonds. The van der Waals surface area contributed by atoms with Crippen molar-refractivity contribution >= 4 is 11.9 Å². The first kappa shape index (κ1) is 12.7. The normalized spacial score (nSPS) is 9.41. The summed E-state index contributed by atoms with van der Waals surface area (Å²) in [6, 6.07) is 2.74. The van der Waals surface area contributed by atoms with Crippen molar-refractivity contribution in [3.63, 3.8) is 0 Å². The van der Waals surface area contributed by atoms with Crippen molar-refractivity contribution < 1.29 is 14.7 Å². The Kier molecular flexibility index (Phi) is 4.23. The summed E-state index contributed by atoms with van der Waals surface area (Å²) in [6.45, 7) is 1.92. The van der Waals surface area contributed by atoms with Crippen LogP contribution >= 0.6 is 0 Å². The highest BCUT2D eigenvalue weighted by Gasteiger charge is 2.12. The molecule has 1 rings (SSSR count). The van der Waals surface area contributed by atoms with Crippen LogP contribution in [0.1, 0.15) is 33.0 Å². The van der Waals surface area contributed by atoms with E-state index in [9.17, 15) is 9.59 Å². The third-order valence-corrected chi connectivity index (χ3v) is 2.10.